The second-order valence-corrected chi connectivity index (χ2v) is 8.16. The van der Waals surface area contributed by atoms with Crippen LogP contribution >= 0.6 is 11.8 Å². The van der Waals surface area contributed by atoms with E-state index in [0.29, 0.717) is 28.4 Å². The molecule has 9 nitrogen and oxygen atoms in total. The third kappa shape index (κ3) is 3.86. The van der Waals surface area contributed by atoms with Crippen LogP contribution in [0.3, 0.4) is 0 Å². The van der Waals surface area contributed by atoms with E-state index < -0.39 is 17.2 Å². The molecule has 1 unspecified atom stereocenters. The number of carbonyl (C=O) groups excluding carboxylic acids is 2. The Hall–Kier alpha value is -2.88. The summed E-state index contributed by atoms with van der Waals surface area (Å²) < 4.78 is 3.16. The van der Waals surface area contributed by atoms with E-state index >= 15 is 0 Å². The summed E-state index contributed by atoms with van der Waals surface area (Å²) in [6, 6.07) is 6.64. The number of amides is 3. The van der Waals surface area contributed by atoms with E-state index in [0.717, 1.165) is 0 Å². The Morgan fingerprint density at radius 2 is 1.89 bits per heavy atom. The monoisotopic (exact) mass is 402 g/mol. The molecule has 10 heteroatoms. The second-order valence-electron chi connectivity index (χ2n) is 6.85. The van der Waals surface area contributed by atoms with Gasteiger partial charge in [0.1, 0.15) is 0 Å². The number of aromatic nitrogens is 4. The summed E-state index contributed by atoms with van der Waals surface area (Å²) in [5.74, 6) is 0.237. The van der Waals surface area contributed by atoms with E-state index in [4.69, 9.17) is 0 Å². The first-order valence-electron chi connectivity index (χ1n) is 8.87. The summed E-state index contributed by atoms with van der Waals surface area (Å²) in [6.45, 7) is 6.10. The Morgan fingerprint density at radius 3 is 2.61 bits per heavy atom. The molecule has 3 rings (SSSR count). The molecule has 1 aromatic carbocycles. The molecule has 148 valence electrons. The highest BCUT2D eigenvalue weighted by Crippen LogP contribution is 2.24. The Balaban J connectivity index is 1.86. The van der Waals surface area contributed by atoms with Gasteiger partial charge in [0, 0.05) is 13.6 Å². The third-order valence-corrected chi connectivity index (χ3v) is 5.20. The zero-order valence-corrected chi connectivity index (χ0v) is 16.9. The first kappa shape index (κ1) is 19.9. The highest BCUT2D eigenvalue weighted by atomic mass is 32.2. The van der Waals surface area contributed by atoms with Crippen LogP contribution in [-0.2, 0) is 11.8 Å². The molecular weight excluding hydrogens is 380 g/mol. The van der Waals surface area contributed by atoms with Crippen LogP contribution in [-0.4, -0.2) is 42.9 Å². The van der Waals surface area contributed by atoms with Gasteiger partial charge in [0.25, 0.3) is 5.56 Å². The van der Waals surface area contributed by atoms with Crippen molar-refractivity contribution in [2.45, 2.75) is 31.2 Å². The molecule has 2 aromatic heterocycles. The molecule has 28 heavy (non-hydrogen) atoms. The van der Waals surface area contributed by atoms with Crippen molar-refractivity contribution in [1.82, 2.24) is 29.8 Å². The first-order chi connectivity index (χ1) is 13.3. The van der Waals surface area contributed by atoms with Gasteiger partial charge in [-0.2, -0.15) is 0 Å². The predicted octanol–water partition coefficient (Wildman–Crippen LogP) is 1.54. The smallest absolute Gasteiger partial charge is 0.321 e. The van der Waals surface area contributed by atoms with Gasteiger partial charge >= 0.3 is 6.03 Å². The van der Waals surface area contributed by atoms with Gasteiger partial charge in [-0.05, 0) is 25.0 Å². The number of nitrogens with zero attached hydrogens (tertiary/aromatic N) is 4. The van der Waals surface area contributed by atoms with Gasteiger partial charge in [-0.15, -0.1) is 10.2 Å². The predicted molar refractivity (Wildman–Crippen MR) is 107 cm³/mol. The van der Waals surface area contributed by atoms with E-state index in [1.807, 2.05) is 19.9 Å². The van der Waals surface area contributed by atoms with Gasteiger partial charge in [-0.25, -0.2) is 4.79 Å². The molecule has 0 saturated heterocycles. The van der Waals surface area contributed by atoms with Gasteiger partial charge < -0.3 is 5.32 Å². The van der Waals surface area contributed by atoms with Gasteiger partial charge in [0.15, 0.2) is 5.16 Å². The minimum absolute atomic E-state index is 0.167. The number of nitrogens with one attached hydrogen (secondary N) is 2. The molecule has 0 fully saturated rings. The average molecular weight is 402 g/mol. The van der Waals surface area contributed by atoms with Crippen LogP contribution in [0.5, 0.6) is 0 Å². The van der Waals surface area contributed by atoms with Crippen LogP contribution in [0.4, 0.5) is 4.79 Å². The molecule has 3 aromatic rings. The van der Waals surface area contributed by atoms with Crippen LogP contribution in [0.2, 0.25) is 0 Å². The highest BCUT2D eigenvalue weighted by molar-refractivity contribution is 8.00. The van der Waals surface area contributed by atoms with Crippen LogP contribution in [0, 0.1) is 5.92 Å². The fourth-order valence-corrected chi connectivity index (χ4v) is 3.51. The Kier molecular flexibility index (Phi) is 5.68. The summed E-state index contributed by atoms with van der Waals surface area (Å²) in [4.78, 5) is 36.6. The van der Waals surface area contributed by atoms with E-state index in [-0.39, 0.29) is 11.5 Å². The van der Waals surface area contributed by atoms with Crippen molar-refractivity contribution in [3.05, 3.63) is 34.6 Å². The topological polar surface area (TPSA) is 110 Å². The van der Waals surface area contributed by atoms with E-state index in [9.17, 15) is 14.4 Å². The summed E-state index contributed by atoms with van der Waals surface area (Å²) in [5, 5.41) is 13.6. The van der Waals surface area contributed by atoms with E-state index in [2.05, 4.69) is 20.8 Å². The average Bonchev–Trinajstić information content (AvgIpc) is 3.08. The number of hydrogen-bond donors (Lipinski definition) is 2. The number of imide groups is 1. The van der Waals surface area contributed by atoms with Gasteiger partial charge in [0.2, 0.25) is 11.7 Å². The summed E-state index contributed by atoms with van der Waals surface area (Å²) in [7, 11) is 1.63. The summed E-state index contributed by atoms with van der Waals surface area (Å²) in [6.07, 6.45) is 0. The molecular formula is C18H22N6O3S. The van der Waals surface area contributed by atoms with Crippen molar-refractivity contribution in [2.24, 2.45) is 13.0 Å². The number of hydrogen-bond acceptors (Lipinski definition) is 6. The second kappa shape index (κ2) is 8.01. The largest absolute Gasteiger partial charge is 0.338 e. The molecule has 0 spiro atoms. The first-order valence-corrected chi connectivity index (χ1v) is 9.75. The number of urea groups is 1. The van der Waals surface area contributed by atoms with Crippen molar-refractivity contribution in [3.8, 4) is 0 Å². The quantitative estimate of drug-likeness (QED) is 0.627. The van der Waals surface area contributed by atoms with Crippen LogP contribution < -0.4 is 16.2 Å². The molecule has 0 radical (unpaired) electrons. The Bertz CT molecular complexity index is 1100. The molecule has 0 bridgehead atoms. The fraction of sp³-hybridized carbons (Fsp3) is 0.389. The molecule has 1 atom stereocenters. The number of para-hydroxylation sites is 1. The minimum Gasteiger partial charge on any atom is -0.338 e. The number of thioether (sulfide) groups is 1. The van der Waals surface area contributed by atoms with Crippen molar-refractivity contribution in [2.75, 3.05) is 6.54 Å². The molecule has 0 aliphatic carbocycles. The minimum atomic E-state index is -0.590. The van der Waals surface area contributed by atoms with Crippen molar-refractivity contribution >= 4 is 40.4 Å². The standard InChI is InChI=1S/C18H22N6O3S/c1-10(2)9-19-16(27)20-14(25)11(3)28-18-22-21-17-23(4)15(26)12-7-5-6-8-13(12)24(17)18/h5-8,10-11H,9H2,1-4H3,(H2,19,20,25,27). The number of benzene rings is 1. The van der Waals surface area contributed by atoms with Crippen molar-refractivity contribution < 1.29 is 9.59 Å². The lowest BCUT2D eigenvalue weighted by Gasteiger charge is -2.12. The van der Waals surface area contributed by atoms with Crippen LogP contribution in [0.1, 0.15) is 20.8 Å². The molecule has 2 heterocycles. The van der Waals surface area contributed by atoms with Crippen molar-refractivity contribution in [1.29, 1.82) is 0 Å². The zero-order chi connectivity index (χ0) is 20.4. The maximum absolute atomic E-state index is 12.5. The number of aryl methyl sites for hydroxylation is 1. The number of rotatable bonds is 5. The van der Waals surface area contributed by atoms with Gasteiger partial charge in [-0.1, -0.05) is 37.7 Å². The summed E-state index contributed by atoms with van der Waals surface area (Å²) in [5.41, 5.74) is 0.495. The fourth-order valence-electron chi connectivity index (χ4n) is 2.65. The lowest BCUT2D eigenvalue weighted by atomic mass is 10.2. The highest BCUT2D eigenvalue weighted by Gasteiger charge is 2.22. The lowest BCUT2D eigenvalue weighted by Crippen LogP contribution is -2.43. The Morgan fingerprint density at radius 1 is 1.18 bits per heavy atom. The van der Waals surface area contributed by atoms with Crippen molar-refractivity contribution in [3.63, 3.8) is 0 Å². The number of carbonyl (C=O) groups is 2. The zero-order valence-electron chi connectivity index (χ0n) is 16.1. The lowest BCUT2D eigenvalue weighted by molar-refractivity contribution is -0.119. The Labute approximate surface area is 165 Å². The maximum Gasteiger partial charge on any atom is 0.321 e. The molecule has 2 N–H and O–H groups in total. The van der Waals surface area contributed by atoms with Gasteiger partial charge in [0.05, 0.1) is 16.2 Å². The SMILES string of the molecule is CC(C)CNC(=O)NC(=O)C(C)Sc1nnc2n(C)c(=O)c3ccccc3n12. The third-order valence-electron chi connectivity index (χ3n) is 4.16. The molecule has 0 aliphatic heterocycles. The summed E-state index contributed by atoms with van der Waals surface area (Å²) >= 11 is 1.17. The molecule has 0 aliphatic rings. The van der Waals surface area contributed by atoms with Crippen LogP contribution in [0.25, 0.3) is 16.7 Å². The van der Waals surface area contributed by atoms with Gasteiger partial charge in [-0.3, -0.25) is 23.9 Å². The van der Waals surface area contributed by atoms with E-state index in [1.54, 1.807) is 36.6 Å². The number of fused-ring (bicyclic) bond motifs is 3. The van der Waals surface area contributed by atoms with E-state index in [1.165, 1.54) is 16.3 Å². The van der Waals surface area contributed by atoms with Crippen LogP contribution in [0.15, 0.2) is 34.2 Å². The molecule has 0 saturated carbocycles. The molecule has 3 amide bonds. The maximum atomic E-state index is 12.5. The normalized spacial score (nSPS) is 12.5.